The van der Waals surface area contributed by atoms with Crippen molar-refractivity contribution in [2.24, 2.45) is 5.92 Å². The Labute approximate surface area is 102 Å². The number of hydrogen-bond acceptors (Lipinski definition) is 3. The van der Waals surface area contributed by atoms with Crippen LogP contribution in [0.4, 0.5) is 0 Å². The molecule has 0 saturated heterocycles. The fourth-order valence-electron chi connectivity index (χ4n) is 1.62. The van der Waals surface area contributed by atoms with E-state index in [9.17, 15) is 0 Å². The lowest BCUT2D eigenvalue weighted by Crippen LogP contribution is -2.34. The Morgan fingerprint density at radius 1 is 1.12 bits per heavy atom. The van der Waals surface area contributed by atoms with E-state index in [1.54, 1.807) is 7.11 Å². The van der Waals surface area contributed by atoms with E-state index in [-0.39, 0.29) is 0 Å². The third-order valence-corrected chi connectivity index (χ3v) is 3.26. The molecule has 0 saturated carbocycles. The summed E-state index contributed by atoms with van der Waals surface area (Å²) >= 11 is 0. The molecule has 0 amide bonds. The number of ether oxygens (including phenoxy) is 1. The van der Waals surface area contributed by atoms with E-state index in [0.717, 1.165) is 25.6 Å². The van der Waals surface area contributed by atoms with Crippen LogP contribution < -0.4 is 5.32 Å². The second-order valence-corrected chi connectivity index (χ2v) is 4.92. The van der Waals surface area contributed by atoms with Gasteiger partial charge in [-0.15, -0.1) is 0 Å². The molecule has 0 aromatic carbocycles. The van der Waals surface area contributed by atoms with Crippen LogP contribution >= 0.6 is 0 Å². The summed E-state index contributed by atoms with van der Waals surface area (Å²) < 4.78 is 4.97. The first-order valence-corrected chi connectivity index (χ1v) is 6.49. The van der Waals surface area contributed by atoms with Gasteiger partial charge >= 0.3 is 0 Å². The van der Waals surface area contributed by atoms with Crippen LogP contribution in [0.1, 0.15) is 33.6 Å². The molecule has 0 aromatic heterocycles. The fourth-order valence-corrected chi connectivity index (χ4v) is 1.62. The molecule has 0 aliphatic rings. The highest BCUT2D eigenvalue weighted by molar-refractivity contribution is 4.66. The highest BCUT2D eigenvalue weighted by Crippen LogP contribution is 2.08. The molecular weight excluding hydrogens is 200 g/mol. The Kier molecular flexibility index (Phi) is 9.99. The molecule has 0 heterocycles. The van der Waals surface area contributed by atoms with Crippen LogP contribution in [0.2, 0.25) is 0 Å². The van der Waals surface area contributed by atoms with E-state index in [1.165, 1.54) is 19.4 Å². The lowest BCUT2D eigenvalue weighted by molar-refractivity contribution is 0.196. The number of unbranched alkanes of at least 4 members (excludes halogenated alkanes) is 1. The van der Waals surface area contributed by atoms with Crippen LogP contribution in [0.15, 0.2) is 0 Å². The maximum atomic E-state index is 4.97. The van der Waals surface area contributed by atoms with Crippen molar-refractivity contribution in [3.8, 4) is 0 Å². The summed E-state index contributed by atoms with van der Waals surface area (Å²) in [6, 6.07) is 0.682. The van der Waals surface area contributed by atoms with Crippen LogP contribution in [-0.4, -0.2) is 51.3 Å². The predicted molar refractivity (Wildman–Crippen MR) is 70.9 cm³/mol. The Balaban J connectivity index is 3.31. The minimum atomic E-state index is 0.682. The van der Waals surface area contributed by atoms with E-state index >= 15 is 0 Å². The molecule has 1 N–H and O–H groups in total. The Hall–Kier alpha value is -0.120. The summed E-state index contributed by atoms with van der Waals surface area (Å²) in [5, 5.41) is 3.37. The van der Waals surface area contributed by atoms with Crippen LogP contribution in [0.5, 0.6) is 0 Å². The van der Waals surface area contributed by atoms with Gasteiger partial charge in [0.2, 0.25) is 0 Å². The van der Waals surface area contributed by atoms with E-state index in [1.807, 2.05) is 0 Å². The van der Waals surface area contributed by atoms with Gasteiger partial charge in [0.1, 0.15) is 0 Å². The minimum absolute atomic E-state index is 0.682. The zero-order valence-corrected chi connectivity index (χ0v) is 11.8. The van der Waals surface area contributed by atoms with Crippen LogP contribution in [0.3, 0.4) is 0 Å². The second-order valence-electron chi connectivity index (χ2n) is 4.92. The van der Waals surface area contributed by atoms with Gasteiger partial charge in [-0.2, -0.15) is 0 Å². The summed E-state index contributed by atoms with van der Waals surface area (Å²) in [6.07, 6.45) is 2.52. The molecule has 3 nitrogen and oxygen atoms in total. The molecule has 0 rings (SSSR count). The number of rotatable bonds is 10. The first kappa shape index (κ1) is 15.9. The lowest BCUT2D eigenvalue weighted by atomic mass is 10.1. The molecule has 0 bridgehead atoms. The van der Waals surface area contributed by atoms with Crippen molar-refractivity contribution in [3.05, 3.63) is 0 Å². The van der Waals surface area contributed by atoms with E-state index < -0.39 is 0 Å². The molecule has 0 aliphatic carbocycles. The van der Waals surface area contributed by atoms with Gasteiger partial charge in [-0.3, -0.25) is 0 Å². The van der Waals surface area contributed by atoms with Gasteiger partial charge in [-0.05, 0) is 45.8 Å². The summed E-state index contributed by atoms with van der Waals surface area (Å²) in [5.74, 6) is 0.741. The molecule has 16 heavy (non-hydrogen) atoms. The van der Waals surface area contributed by atoms with Crippen molar-refractivity contribution in [1.29, 1.82) is 0 Å². The molecule has 3 heteroatoms. The third kappa shape index (κ3) is 8.08. The zero-order valence-electron chi connectivity index (χ0n) is 11.8. The predicted octanol–water partition coefficient (Wildman–Crippen LogP) is 1.98. The van der Waals surface area contributed by atoms with Crippen molar-refractivity contribution < 1.29 is 4.74 Å². The van der Waals surface area contributed by atoms with Crippen LogP contribution in [-0.2, 0) is 4.74 Å². The fraction of sp³-hybridized carbons (Fsp3) is 1.00. The van der Waals surface area contributed by atoms with Gasteiger partial charge in [0.15, 0.2) is 0 Å². The van der Waals surface area contributed by atoms with E-state index in [2.05, 4.69) is 38.0 Å². The normalized spacial score (nSPS) is 13.7. The standard InChI is InChI=1S/C13H30N2O/c1-12(2)13(3)15(4)10-7-6-8-14-9-11-16-5/h12-14H,6-11H2,1-5H3. The molecule has 0 radical (unpaired) electrons. The van der Waals surface area contributed by atoms with Gasteiger partial charge in [-0.1, -0.05) is 13.8 Å². The second kappa shape index (κ2) is 10.1. The SMILES string of the molecule is COCCNCCCCN(C)C(C)C(C)C. The van der Waals surface area contributed by atoms with Gasteiger partial charge in [-0.25, -0.2) is 0 Å². The largest absolute Gasteiger partial charge is 0.383 e. The van der Waals surface area contributed by atoms with Crippen LogP contribution in [0.25, 0.3) is 0 Å². The highest BCUT2D eigenvalue weighted by Gasteiger charge is 2.11. The first-order chi connectivity index (χ1) is 7.59. The quantitative estimate of drug-likeness (QED) is 0.581. The molecule has 1 atom stereocenters. The smallest absolute Gasteiger partial charge is 0.0587 e. The number of nitrogens with one attached hydrogen (secondary N) is 1. The first-order valence-electron chi connectivity index (χ1n) is 6.49. The molecule has 98 valence electrons. The van der Waals surface area contributed by atoms with Crippen molar-refractivity contribution in [3.63, 3.8) is 0 Å². The van der Waals surface area contributed by atoms with Gasteiger partial charge in [0.05, 0.1) is 6.61 Å². The van der Waals surface area contributed by atoms with Crippen molar-refractivity contribution in [2.75, 3.05) is 40.4 Å². The molecule has 0 fully saturated rings. The molecule has 0 spiro atoms. The maximum absolute atomic E-state index is 4.97. The van der Waals surface area contributed by atoms with Gasteiger partial charge < -0.3 is 15.0 Å². The van der Waals surface area contributed by atoms with Crippen molar-refractivity contribution in [1.82, 2.24) is 10.2 Å². The van der Waals surface area contributed by atoms with Crippen LogP contribution in [0, 0.1) is 5.92 Å². The molecule has 0 aliphatic heterocycles. The van der Waals surface area contributed by atoms with Gasteiger partial charge in [0.25, 0.3) is 0 Å². The maximum Gasteiger partial charge on any atom is 0.0587 e. The molecular formula is C13H30N2O. The van der Waals surface area contributed by atoms with E-state index in [0.29, 0.717) is 6.04 Å². The van der Waals surface area contributed by atoms with Gasteiger partial charge in [0, 0.05) is 19.7 Å². The number of methoxy groups -OCH3 is 1. The third-order valence-electron chi connectivity index (χ3n) is 3.26. The van der Waals surface area contributed by atoms with Crippen molar-refractivity contribution in [2.45, 2.75) is 39.7 Å². The monoisotopic (exact) mass is 230 g/mol. The Bertz CT molecular complexity index is 151. The summed E-state index contributed by atoms with van der Waals surface area (Å²) in [5.41, 5.74) is 0. The Morgan fingerprint density at radius 2 is 1.81 bits per heavy atom. The summed E-state index contributed by atoms with van der Waals surface area (Å²) in [7, 11) is 3.97. The lowest BCUT2D eigenvalue weighted by Gasteiger charge is -2.27. The topological polar surface area (TPSA) is 24.5 Å². The average molecular weight is 230 g/mol. The highest BCUT2D eigenvalue weighted by atomic mass is 16.5. The number of hydrogen-bond donors (Lipinski definition) is 1. The molecule has 0 aromatic rings. The summed E-state index contributed by atoms with van der Waals surface area (Å²) in [6.45, 7) is 11.0. The summed E-state index contributed by atoms with van der Waals surface area (Å²) in [4.78, 5) is 2.46. The average Bonchev–Trinajstić information content (AvgIpc) is 2.26. The van der Waals surface area contributed by atoms with Crippen molar-refractivity contribution >= 4 is 0 Å². The minimum Gasteiger partial charge on any atom is -0.383 e. The molecule has 1 unspecified atom stereocenters. The number of nitrogens with zero attached hydrogens (tertiary/aromatic N) is 1. The van der Waals surface area contributed by atoms with E-state index in [4.69, 9.17) is 4.74 Å². The Morgan fingerprint density at radius 3 is 2.38 bits per heavy atom. The zero-order chi connectivity index (χ0) is 12.4.